The Labute approximate surface area is 298 Å². The number of hydrogen-bond acceptors (Lipinski definition) is 0. The van der Waals surface area contributed by atoms with Gasteiger partial charge in [0.2, 0.25) is 0 Å². The Morgan fingerprint density at radius 1 is 0.542 bits per heavy atom. The van der Waals surface area contributed by atoms with Crippen molar-refractivity contribution in [2.75, 3.05) is 0 Å². The molecule has 0 aromatic heterocycles. The standard InChI is InChI=1S/C43H50Si2.2CH3.Hf/c1-9-25-43(26-10-2,35-27-33-13-11-15-39(41(33)29-35)31-17-21-37(22-18-31)44(3,4)5)36-28-34-14-12-16-40(42(34)30-36)32-19-23-38(24-20-32)45(6,7)8;;;/h11-24,27-30H,9-10,25-26H2,1-8H3;2*1H3;. The first-order valence-electron chi connectivity index (χ1n) is 18.6. The van der Waals surface area contributed by atoms with Gasteiger partial charge >= 0.3 is 300 Å². The van der Waals surface area contributed by atoms with E-state index in [0.29, 0.717) is 7.35 Å². The first kappa shape index (κ1) is 34.1. The van der Waals surface area contributed by atoms with E-state index in [1.165, 1.54) is 59.1 Å². The first-order chi connectivity index (χ1) is 22.7. The molecule has 4 aromatic carbocycles. The molecule has 1 aliphatic heterocycles. The van der Waals surface area contributed by atoms with Crippen molar-refractivity contribution in [2.24, 2.45) is 5.41 Å². The van der Waals surface area contributed by atoms with Gasteiger partial charge in [0.25, 0.3) is 0 Å². The molecule has 2 aliphatic carbocycles. The normalized spacial score (nSPS) is 20.4. The summed E-state index contributed by atoms with van der Waals surface area (Å²) in [4.78, 5) is 0. The third-order valence-corrected chi connectivity index (χ3v) is 31.5. The molecule has 2 unspecified atom stereocenters. The molecule has 0 saturated carbocycles. The molecule has 0 spiro atoms. The van der Waals surface area contributed by atoms with Crippen LogP contribution in [0.2, 0.25) is 48.6 Å². The third kappa shape index (κ3) is 5.37. The van der Waals surface area contributed by atoms with Crippen LogP contribution in [0.15, 0.2) is 96.1 Å². The van der Waals surface area contributed by atoms with Gasteiger partial charge in [-0.05, 0) is 0 Å². The van der Waals surface area contributed by atoms with Gasteiger partial charge in [0.15, 0.2) is 0 Å². The monoisotopic (exact) mass is 832 g/mol. The van der Waals surface area contributed by atoms with Crippen molar-refractivity contribution in [1.29, 1.82) is 0 Å². The number of benzene rings is 4. The maximum absolute atomic E-state index is 3.13. The molecule has 1 heterocycles. The van der Waals surface area contributed by atoms with E-state index >= 15 is 0 Å². The Kier molecular flexibility index (Phi) is 8.65. The minimum absolute atomic E-state index is 0.129. The van der Waals surface area contributed by atoms with Crippen LogP contribution in [0.3, 0.4) is 0 Å². The summed E-state index contributed by atoms with van der Waals surface area (Å²) in [7, 11) is -2.69. The van der Waals surface area contributed by atoms with Gasteiger partial charge in [-0.2, -0.15) is 0 Å². The van der Waals surface area contributed by atoms with Crippen molar-refractivity contribution in [2.45, 2.75) is 95.5 Å². The molecule has 2 atom stereocenters. The number of rotatable bonds is 8. The van der Waals surface area contributed by atoms with E-state index in [4.69, 9.17) is 0 Å². The predicted molar refractivity (Wildman–Crippen MR) is 215 cm³/mol. The molecule has 1 fully saturated rings. The van der Waals surface area contributed by atoms with Crippen molar-refractivity contribution in [3.63, 3.8) is 0 Å². The van der Waals surface area contributed by atoms with Crippen molar-refractivity contribution in [3.8, 4) is 22.3 Å². The first-order valence-corrected chi connectivity index (χ1v) is 37.0. The molecule has 0 radical (unpaired) electrons. The second-order valence-corrected chi connectivity index (χ2v) is 45.1. The van der Waals surface area contributed by atoms with Crippen molar-refractivity contribution >= 4 is 38.7 Å². The molecule has 4 aromatic rings. The molecular formula is C45H56HfSi2. The predicted octanol–water partition coefficient (Wildman–Crippen LogP) is 12.5. The zero-order valence-electron chi connectivity index (χ0n) is 31.2. The summed E-state index contributed by atoms with van der Waals surface area (Å²) in [5, 5.41) is 3.08. The molecule has 0 N–H and O–H groups in total. The topological polar surface area (TPSA) is 0 Å². The molecular weight excluding hydrogens is 775 g/mol. The van der Waals surface area contributed by atoms with Crippen LogP contribution < -0.4 is 10.4 Å². The van der Waals surface area contributed by atoms with Crippen LogP contribution in [0.1, 0.15) is 69.1 Å². The van der Waals surface area contributed by atoms with Crippen LogP contribution in [0.4, 0.5) is 0 Å². The zero-order chi connectivity index (χ0) is 34.2. The van der Waals surface area contributed by atoms with Crippen LogP contribution in [-0.4, -0.2) is 16.1 Å². The molecule has 0 amide bonds. The Hall–Kier alpha value is -2.34. The fourth-order valence-corrected chi connectivity index (χ4v) is 29.4. The fraction of sp³-hybridized carbons (Fsp3) is 0.378. The summed E-state index contributed by atoms with van der Waals surface area (Å²) >= 11 is -3.13. The summed E-state index contributed by atoms with van der Waals surface area (Å²) in [6.07, 6.45) is 10.4. The van der Waals surface area contributed by atoms with E-state index in [1.54, 1.807) is 32.6 Å². The van der Waals surface area contributed by atoms with Crippen molar-refractivity contribution in [1.82, 2.24) is 0 Å². The van der Waals surface area contributed by atoms with Gasteiger partial charge in [-0.25, -0.2) is 0 Å². The minimum atomic E-state index is -3.13. The van der Waals surface area contributed by atoms with Crippen molar-refractivity contribution in [3.05, 3.63) is 118 Å². The summed E-state index contributed by atoms with van der Waals surface area (Å²) < 4.78 is 6.86. The molecule has 1 saturated heterocycles. The summed E-state index contributed by atoms with van der Waals surface area (Å²) in [5.74, 6) is 0. The quantitative estimate of drug-likeness (QED) is 0.155. The Morgan fingerprint density at radius 2 is 0.917 bits per heavy atom. The molecule has 48 heavy (non-hydrogen) atoms. The SMILES string of the molecule is CCCC1(CCC)C2=Cc3c(-c4ccc([Si](C)(C)C)cc4)cccc3[CH]2[Hf]([CH3])([CH3])[CH]2C1=Cc1c(-c3ccc([Si](C)(C)C)cc3)cccc12. The van der Waals surface area contributed by atoms with Gasteiger partial charge in [0.05, 0.1) is 0 Å². The zero-order valence-corrected chi connectivity index (χ0v) is 36.8. The Morgan fingerprint density at radius 3 is 1.25 bits per heavy atom. The number of hydrogen-bond donors (Lipinski definition) is 0. The second-order valence-electron chi connectivity index (χ2n) is 17.7. The van der Waals surface area contributed by atoms with E-state index < -0.39 is 36.1 Å². The average Bonchev–Trinajstić information content (AvgIpc) is 3.65. The molecule has 7 rings (SSSR count). The van der Waals surface area contributed by atoms with Gasteiger partial charge in [0.1, 0.15) is 0 Å². The van der Waals surface area contributed by atoms with Crippen LogP contribution in [0, 0.1) is 5.41 Å². The average molecular weight is 832 g/mol. The van der Waals surface area contributed by atoms with Crippen LogP contribution in [0.25, 0.3) is 34.4 Å². The van der Waals surface area contributed by atoms with E-state index in [-0.39, 0.29) is 5.41 Å². The van der Waals surface area contributed by atoms with Crippen LogP contribution >= 0.6 is 0 Å². The van der Waals surface area contributed by atoms with Crippen LogP contribution in [-0.2, 0) is 20.0 Å². The van der Waals surface area contributed by atoms with E-state index in [2.05, 4.69) is 160 Å². The Bertz CT molecular complexity index is 1790. The third-order valence-electron chi connectivity index (χ3n) is 12.2. The summed E-state index contributed by atoms with van der Waals surface area (Å²) in [5.41, 5.74) is 15.7. The molecule has 248 valence electrons. The van der Waals surface area contributed by atoms with Gasteiger partial charge < -0.3 is 0 Å². The fourth-order valence-electron chi connectivity index (χ4n) is 9.93. The van der Waals surface area contributed by atoms with E-state index in [1.807, 2.05) is 0 Å². The van der Waals surface area contributed by atoms with Gasteiger partial charge in [-0.15, -0.1) is 0 Å². The Balaban J connectivity index is 1.41. The molecule has 3 aliphatic rings. The molecule has 3 heteroatoms. The summed E-state index contributed by atoms with van der Waals surface area (Å²) in [6, 6.07) is 33.9. The summed E-state index contributed by atoms with van der Waals surface area (Å²) in [6.45, 7) is 19.5. The van der Waals surface area contributed by atoms with E-state index in [0.717, 1.165) is 0 Å². The molecule has 0 nitrogen and oxygen atoms in total. The number of allylic oxidation sites excluding steroid dienone is 2. The van der Waals surface area contributed by atoms with Gasteiger partial charge in [-0.3, -0.25) is 0 Å². The maximum atomic E-state index is 2.81. The van der Waals surface area contributed by atoms with Crippen molar-refractivity contribution < 1.29 is 20.0 Å². The van der Waals surface area contributed by atoms with E-state index in [9.17, 15) is 0 Å². The van der Waals surface area contributed by atoms with Gasteiger partial charge in [0, 0.05) is 0 Å². The second kappa shape index (κ2) is 12.2. The number of fused-ring (bicyclic) bond motifs is 6. The van der Waals surface area contributed by atoms with Crippen LogP contribution in [0.5, 0.6) is 0 Å². The molecule has 0 bridgehead atoms. The van der Waals surface area contributed by atoms with Gasteiger partial charge in [-0.1, -0.05) is 0 Å².